The molecule has 0 rings (SSSR count). The van der Waals surface area contributed by atoms with Gasteiger partial charge in [-0.15, -0.1) is 17.0 Å². The summed E-state index contributed by atoms with van der Waals surface area (Å²) >= 11 is 0. The maximum Gasteiger partial charge on any atom is 0.0431 e. The Labute approximate surface area is 74.0 Å². The highest BCUT2D eigenvalue weighted by Crippen LogP contribution is 1.93. The van der Waals surface area contributed by atoms with E-state index in [9.17, 15) is 0 Å². The van der Waals surface area contributed by atoms with Crippen molar-refractivity contribution < 1.29 is 5.11 Å². The summed E-state index contributed by atoms with van der Waals surface area (Å²) in [4.78, 5) is 2.16. The Kier molecular flexibility index (Phi) is 12.2. The van der Waals surface area contributed by atoms with Gasteiger partial charge in [-0.05, 0) is 39.9 Å². The highest BCUT2D eigenvalue weighted by Gasteiger charge is 1.88. The first-order chi connectivity index (χ1) is 4.27. The maximum absolute atomic E-state index is 8.42. The van der Waals surface area contributed by atoms with Crippen LogP contribution >= 0.6 is 17.0 Å². The van der Waals surface area contributed by atoms with Crippen LogP contribution in [0.3, 0.4) is 0 Å². The second-order valence-corrected chi connectivity index (χ2v) is 2.59. The van der Waals surface area contributed by atoms with Gasteiger partial charge in [-0.3, -0.25) is 0 Å². The van der Waals surface area contributed by atoms with Gasteiger partial charge in [0.15, 0.2) is 0 Å². The van der Waals surface area contributed by atoms with Crippen molar-refractivity contribution in [1.82, 2.24) is 4.90 Å². The highest BCUT2D eigenvalue weighted by atomic mass is 79.9. The lowest BCUT2D eigenvalue weighted by atomic mass is 10.2. The molecular weight excluding hydrogens is 194 g/mol. The second kappa shape index (κ2) is 9.40. The Bertz CT molecular complexity index is 59.6. The number of halogens is 1. The number of rotatable bonds is 5. The summed E-state index contributed by atoms with van der Waals surface area (Å²) in [6.45, 7) is 1.48. The summed E-state index contributed by atoms with van der Waals surface area (Å²) in [7, 11) is 4.14. The van der Waals surface area contributed by atoms with E-state index in [0.717, 1.165) is 19.4 Å². The minimum atomic E-state index is 0. The van der Waals surface area contributed by atoms with Gasteiger partial charge >= 0.3 is 0 Å². The smallest absolute Gasteiger partial charge is 0.0431 e. The zero-order valence-corrected chi connectivity index (χ0v) is 8.55. The van der Waals surface area contributed by atoms with Gasteiger partial charge in [0.25, 0.3) is 0 Å². The predicted molar refractivity (Wildman–Crippen MR) is 49.8 cm³/mol. The molecule has 0 amide bonds. The van der Waals surface area contributed by atoms with E-state index in [2.05, 4.69) is 19.0 Å². The molecule has 0 atom stereocenters. The molecule has 10 heavy (non-hydrogen) atoms. The third-order valence-corrected chi connectivity index (χ3v) is 1.26. The van der Waals surface area contributed by atoms with E-state index < -0.39 is 0 Å². The summed E-state index contributed by atoms with van der Waals surface area (Å²) in [5.74, 6) is 0. The van der Waals surface area contributed by atoms with Crippen molar-refractivity contribution in [2.24, 2.45) is 0 Å². The first-order valence-electron chi connectivity index (χ1n) is 3.53. The van der Waals surface area contributed by atoms with Crippen LogP contribution in [0.15, 0.2) is 0 Å². The Morgan fingerprint density at radius 3 is 2.10 bits per heavy atom. The van der Waals surface area contributed by atoms with Crippen LogP contribution in [0.2, 0.25) is 0 Å². The van der Waals surface area contributed by atoms with Gasteiger partial charge in [0, 0.05) is 6.61 Å². The van der Waals surface area contributed by atoms with Crippen LogP contribution in [-0.2, 0) is 0 Å². The molecule has 0 aliphatic rings. The van der Waals surface area contributed by atoms with Gasteiger partial charge in [0.1, 0.15) is 0 Å². The van der Waals surface area contributed by atoms with Gasteiger partial charge in [0.05, 0.1) is 0 Å². The van der Waals surface area contributed by atoms with E-state index in [4.69, 9.17) is 5.11 Å². The minimum Gasteiger partial charge on any atom is -0.396 e. The number of unbranched alkanes of at least 4 members (excludes halogenated alkanes) is 2. The van der Waals surface area contributed by atoms with E-state index in [-0.39, 0.29) is 17.0 Å². The fourth-order valence-corrected chi connectivity index (χ4v) is 0.717. The van der Waals surface area contributed by atoms with Gasteiger partial charge in [0.2, 0.25) is 0 Å². The maximum atomic E-state index is 8.42. The molecule has 0 fully saturated rings. The zero-order chi connectivity index (χ0) is 7.11. The molecule has 0 saturated carbocycles. The quantitative estimate of drug-likeness (QED) is 0.694. The van der Waals surface area contributed by atoms with E-state index in [0.29, 0.717) is 6.61 Å². The molecule has 0 spiro atoms. The highest BCUT2D eigenvalue weighted by molar-refractivity contribution is 8.93. The second-order valence-electron chi connectivity index (χ2n) is 2.59. The van der Waals surface area contributed by atoms with Crippen LogP contribution in [0.4, 0.5) is 0 Å². The van der Waals surface area contributed by atoms with Gasteiger partial charge < -0.3 is 10.0 Å². The lowest BCUT2D eigenvalue weighted by molar-refractivity contribution is 0.278. The summed E-state index contributed by atoms with van der Waals surface area (Å²) < 4.78 is 0. The summed E-state index contributed by atoms with van der Waals surface area (Å²) in [5, 5.41) is 8.42. The molecular formula is C7H18BrNO. The molecule has 1 N–H and O–H groups in total. The molecule has 0 bridgehead atoms. The minimum absolute atomic E-state index is 0. The van der Waals surface area contributed by atoms with Crippen LogP contribution in [-0.4, -0.2) is 37.3 Å². The number of aliphatic hydroxyl groups is 1. The third kappa shape index (κ3) is 11.2. The SMILES string of the molecule is Br.CN(C)CCCCCO. The fourth-order valence-electron chi connectivity index (χ4n) is 0.717. The standard InChI is InChI=1S/C7H17NO.BrH/c1-8(2)6-4-3-5-7-9;/h9H,3-7H2,1-2H3;1H. The molecule has 2 nitrogen and oxygen atoms in total. The molecule has 0 aromatic rings. The fraction of sp³-hybridized carbons (Fsp3) is 1.00. The average Bonchev–Trinajstić information content (AvgIpc) is 1.80. The molecule has 0 aromatic heterocycles. The van der Waals surface area contributed by atoms with E-state index in [1.54, 1.807) is 0 Å². The Morgan fingerprint density at radius 1 is 1.10 bits per heavy atom. The lowest BCUT2D eigenvalue weighted by Gasteiger charge is -2.07. The number of hydrogen-bond donors (Lipinski definition) is 1. The van der Waals surface area contributed by atoms with Crippen molar-refractivity contribution in [3.05, 3.63) is 0 Å². The van der Waals surface area contributed by atoms with E-state index in [1.807, 2.05) is 0 Å². The van der Waals surface area contributed by atoms with Crippen LogP contribution in [0.1, 0.15) is 19.3 Å². The van der Waals surface area contributed by atoms with Crippen LogP contribution in [0, 0.1) is 0 Å². The molecule has 0 radical (unpaired) electrons. The number of hydrogen-bond acceptors (Lipinski definition) is 2. The van der Waals surface area contributed by atoms with Crippen LogP contribution in [0.5, 0.6) is 0 Å². The summed E-state index contributed by atoms with van der Waals surface area (Å²) in [5.41, 5.74) is 0. The van der Waals surface area contributed by atoms with Gasteiger partial charge in [-0.2, -0.15) is 0 Å². The van der Waals surface area contributed by atoms with Crippen LogP contribution in [0.25, 0.3) is 0 Å². The van der Waals surface area contributed by atoms with Crippen molar-refractivity contribution in [3.8, 4) is 0 Å². The van der Waals surface area contributed by atoms with Crippen molar-refractivity contribution in [2.45, 2.75) is 19.3 Å². The zero-order valence-electron chi connectivity index (χ0n) is 6.84. The molecule has 64 valence electrons. The first-order valence-corrected chi connectivity index (χ1v) is 3.53. The number of aliphatic hydroxyl groups excluding tert-OH is 1. The van der Waals surface area contributed by atoms with E-state index >= 15 is 0 Å². The molecule has 3 heteroatoms. The molecule has 0 unspecified atom stereocenters. The average molecular weight is 212 g/mol. The molecule has 0 aromatic carbocycles. The molecule has 0 saturated heterocycles. The van der Waals surface area contributed by atoms with Crippen molar-refractivity contribution in [3.63, 3.8) is 0 Å². The topological polar surface area (TPSA) is 23.5 Å². The Hall–Kier alpha value is 0.400. The third-order valence-electron chi connectivity index (χ3n) is 1.26. The van der Waals surface area contributed by atoms with Gasteiger partial charge in [-0.1, -0.05) is 0 Å². The monoisotopic (exact) mass is 211 g/mol. The molecule has 0 aliphatic carbocycles. The van der Waals surface area contributed by atoms with Crippen molar-refractivity contribution in [2.75, 3.05) is 27.2 Å². The van der Waals surface area contributed by atoms with Gasteiger partial charge in [-0.25, -0.2) is 0 Å². The van der Waals surface area contributed by atoms with Crippen LogP contribution < -0.4 is 0 Å². The lowest BCUT2D eigenvalue weighted by Crippen LogP contribution is -2.12. The summed E-state index contributed by atoms with van der Waals surface area (Å²) in [6.07, 6.45) is 3.30. The predicted octanol–water partition coefficient (Wildman–Crippen LogP) is 1.29. The Balaban J connectivity index is 0. The van der Waals surface area contributed by atoms with E-state index in [1.165, 1.54) is 6.42 Å². The Morgan fingerprint density at radius 2 is 1.70 bits per heavy atom. The largest absolute Gasteiger partial charge is 0.396 e. The number of nitrogens with zero attached hydrogens (tertiary/aromatic N) is 1. The first kappa shape index (κ1) is 13.0. The normalized spacial score (nSPS) is 9.60. The summed E-state index contributed by atoms with van der Waals surface area (Å²) in [6, 6.07) is 0. The van der Waals surface area contributed by atoms with Crippen molar-refractivity contribution >= 4 is 17.0 Å². The molecule has 0 heterocycles. The molecule has 0 aliphatic heterocycles. The van der Waals surface area contributed by atoms with Crippen molar-refractivity contribution in [1.29, 1.82) is 0 Å².